The van der Waals surface area contributed by atoms with Gasteiger partial charge in [0.1, 0.15) is 30.7 Å². The van der Waals surface area contributed by atoms with E-state index in [1.54, 1.807) is 18.2 Å². The minimum atomic E-state index is -3.92. The lowest BCUT2D eigenvalue weighted by Gasteiger charge is -2.30. The summed E-state index contributed by atoms with van der Waals surface area (Å²) < 4.78 is 42.9. The molecule has 186 valence electrons. The number of nitrogens with one attached hydrogen (secondary N) is 1. The molecular formula is C24H25ClF2N4O4. The molecule has 8 nitrogen and oxygen atoms in total. The second-order valence-corrected chi connectivity index (χ2v) is 9.18. The number of aliphatic hydroxyl groups excluding tert-OH is 1. The van der Waals surface area contributed by atoms with Gasteiger partial charge in [0.25, 0.3) is 5.91 Å². The smallest absolute Gasteiger partial charge is 0.367 e. The first-order valence-electron chi connectivity index (χ1n) is 11.4. The molecule has 5 rings (SSSR count). The summed E-state index contributed by atoms with van der Waals surface area (Å²) in [5, 5.41) is 13.9. The number of imidazole rings is 1. The molecule has 2 aliphatic heterocycles. The summed E-state index contributed by atoms with van der Waals surface area (Å²) in [6, 6.07) is 6.91. The number of carbonyl (C=O) groups is 1. The molecule has 3 aromatic rings. The highest BCUT2D eigenvalue weighted by atomic mass is 35.5. The molecule has 2 unspecified atom stereocenters. The first-order chi connectivity index (χ1) is 16.8. The van der Waals surface area contributed by atoms with Gasteiger partial charge in [-0.05, 0) is 49.7 Å². The lowest BCUT2D eigenvalue weighted by Crippen LogP contribution is -2.51. The van der Waals surface area contributed by atoms with Gasteiger partial charge in [0.15, 0.2) is 11.5 Å². The molecule has 0 saturated carbocycles. The van der Waals surface area contributed by atoms with Gasteiger partial charge in [0.05, 0.1) is 6.04 Å². The Labute approximate surface area is 205 Å². The van der Waals surface area contributed by atoms with E-state index in [0.717, 1.165) is 32.1 Å². The number of rotatable bonds is 7. The maximum Gasteiger partial charge on any atom is 0.367 e. The SMILES string of the molecule is O=C(NC(CN1CCCC1)C(O)c1ccc2c(c1)OCCO2)C(F)(F)c1cn2ccc(Cl)cc2n1. The van der Waals surface area contributed by atoms with Crippen molar-refractivity contribution >= 4 is 23.2 Å². The van der Waals surface area contributed by atoms with Crippen LogP contribution in [0, 0.1) is 0 Å². The number of halogens is 3. The number of pyridine rings is 1. The zero-order valence-electron chi connectivity index (χ0n) is 18.8. The van der Waals surface area contributed by atoms with Crippen molar-refractivity contribution in [3.05, 3.63) is 59.0 Å². The van der Waals surface area contributed by atoms with Crippen molar-refractivity contribution in [2.75, 3.05) is 32.8 Å². The van der Waals surface area contributed by atoms with Crippen LogP contribution in [0.1, 0.15) is 30.2 Å². The summed E-state index contributed by atoms with van der Waals surface area (Å²) in [4.78, 5) is 18.8. The van der Waals surface area contributed by atoms with E-state index in [-0.39, 0.29) is 12.2 Å². The average molecular weight is 507 g/mol. The standard InChI is InChI=1S/C24H25ClF2N4O4/c25-16-5-8-31-14-20(29-21(31)12-16)24(26,27)23(33)28-17(13-30-6-1-2-7-30)22(32)15-3-4-18-19(11-15)35-10-9-34-18/h3-5,8,11-12,14,17,22,32H,1-2,6-7,9-10,13H2,(H,28,33). The summed E-state index contributed by atoms with van der Waals surface area (Å²) in [5.41, 5.74) is -0.0691. The molecule has 0 aliphatic carbocycles. The molecule has 1 aromatic carbocycles. The van der Waals surface area contributed by atoms with Crippen LogP contribution < -0.4 is 14.8 Å². The van der Waals surface area contributed by atoms with Crippen molar-refractivity contribution in [3.63, 3.8) is 0 Å². The second-order valence-electron chi connectivity index (χ2n) is 8.75. The van der Waals surface area contributed by atoms with Crippen LogP contribution in [0.5, 0.6) is 11.5 Å². The number of aliphatic hydroxyl groups is 1. The van der Waals surface area contributed by atoms with E-state index in [9.17, 15) is 9.90 Å². The van der Waals surface area contributed by atoms with Crippen LogP contribution >= 0.6 is 11.6 Å². The maximum absolute atomic E-state index is 15.2. The molecule has 35 heavy (non-hydrogen) atoms. The van der Waals surface area contributed by atoms with Crippen LogP contribution in [0.3, 0.4) is 0 Å². The molecule has 4 heterocycles. The monoisotopic (exact) mass is 506 g/mol. The van der Waals surface area contributed by atoms with Gasteiger partial charge in [-0.15, -0.1) is 0 Å². The van der Waals surface area contributed by atoms with E-state index < -0.39 is 29.7 Å². The van der Waals surface area contributed by atoms with Crippen LogP contribution in [-0.2, 0) is 10.7 Å². The molecular weight excluding hydrogens is 482 g/mol. The third-order valence-electron chi connectivity index (χ3n) is 6.29. The van der Waals surface area contributed by atoms with Gasteiger partial charge in [-0.3, -0.25) is 4.79 Å². The average Bonchev–Trinajstić information content (AvgIpc) is 3.52. The maximum atomic E-state index is 15.2. The van der Waals surface area contributed by atoms with Gasteiger partial charge < -0.3 is 29.2 Å². The summed E-state index contributed by atoms with van der Waals surface area (Å²) >= 11 is 5.92. The van der Waals surface area contributed by atoms with E-state index >= 15 is 8.78 Å². The topological polar surface area (TPSA) is 88.3 Å². The summed E-state index contributed by atoms with van der Waals surface area (Å²) in [5.74, 6) is -4.44. The van der Waals surface area contributed by atoms with Crippen molar-refractivity contribution < 1.29 is 28.2 Å². The number of fused-ring (bicyclic) bond motifs is 2. The van der Waals surface area contributed by atoms with E-state index in [1.807, 2.05) is 4.90 Å². The molecule has 11 heteroatoms. The minimum Gasteiger partial charge on any atom is -0.486 e. The Hall–Kier alpha value is -2.95. The highest BCUT2D eigenvalue weighted by Gasteiger charge is 2.45. The van der Waals surface area contributed by atoms with Gasteiger partial charge in [-0.2, -0.15) is 8.78 Å². The third kappa shape index (κ3) is 4.91. The molecule has 0 spiro atoms. The van der Waals surface area contributed by atoms with Gasteiger partial charge in [0.2, 0.25) is 0 Å². The fourth-order valence-electron chi connectivity index (χ4n) is 4.43. The molecule has 2 aromatic heterocycles. The van der Waals surface area contributed by atoms with Crippen LogP contribution in [0.4, 0.5) is 8.78 Å². The zero-order chi connectivity index (χ0) is 24.6. The van der Waals surface area contributed by atoms with Crippen molar-refractivity contribution in [1.82, 2.24) is 19.6 Å². The Morgan fingerprint density at radius 2 is 1.91 bits per heavy atom. The normalized spacial score (nSPS) is 17.9. The van der Waals surface area contributed by atoms with E-state index in [0.29, 0.717) is 35.3 Å². The Morgan fingerprint density at radius 3 is 2.69 bits per heavy atom. The van der Waals surface area contributed by atoms with Crippen LogP contribution in [0.25, 0.3) is 5.65 Å². The molecule has 1 amide bonds. The van der Waals surface area contributed by atoms with Crippen LogP contribution in [-0.4, -0.2) is 64.2 Å². The number of aromatic nitrogens is 2. The fraction of sp³-hybridized carbons (Fsp3) is 0.417. The highest BCUT2D eigenvalue weighted by molar-refractivity contribution is 6.30. The Kier molecular flexibility index (Phi) is 6.52. The quantitative estimate of drug-likeness (QED) is 0.512. The van der Waals surface area contributed by atoms with Crippen LogP contribution in [0.2, 0.25) is 5.02 Å². The summed E-state index contributed by atoms with van der Waals surface area (Å²) in [6.45, 7) is 2.55. The number of ether oxygens (including phenoxy) is 2. The van der Waals surface area contributed by atoms with E-state index in [2.05, 4.69) is 10.3 Å². The molecule has 0 radical (unpaired) electrons. The predicted octanol–water partition coefficient (Wildman–Crippen LogP) is 3.16. The molecule has 2 N–H and O–H groups in total. The number of benzene rings is 1. The van der Waals surface area contributed by atoms with Crippen molar-refractivity contribution in [3.8, 4) is 11.5 Å². The first-order valence-corrected chi connectivity index (χ1v) is 11.8. The number of alkyl halides is 2. The van der Waals surface area contributed by atoms with Crippen molar-refractivity contribution in [2.24, 2.45) is 0 Å². The number of hydrogen-bond donors (Lipinski definition) is 2. The lowest BCUT2D eigenvalue weighted by molar-refractivity contribution is -0.149. The van der Waals surface area contributed by atoms with E-state index in [4.69, 9.17) is 21.1 Å². The number of nitrogens with zero attached hydrogens (tertiary/aromatic N) is 3. The van der Waals surface area contributed by atoms with Crippen LogP contribution in [0.15, 0.2) is 42.7 Å². The number of carbonyl (C=O) groups excluding carboxylic acids is 1. The Balaban J connectivity index is 1.39. The van der Waals surface area contributed by atoms with E-state index in [1.165, 1.54) is 22.7 Å². The van der Waals surface area contributed by atoms with Gasteiger partial charge in [-0.25, -0.2) is 4.98 Å². The van der Waals surface area contributed by atoms with Crippen molar-refractivity contribution in [2.45, 2.75) is 30.9 Å². The predicted molar refractivity (Wildman–Crippen MR) is 124 cm³/mol. The molecule has 0 bridgehead atoms. The largest absolute Gasteiger partial charge is 0.486 e. The van der Waals surface area contributed by atoms with Crippen molar-refractivity contribution in [1.29, 1.82) is 0 Å². The lowest BCUT2D eigenvalue weighted by atomic mass is 10.0. The van der Waals surface area contributed by atoms with Gasteiger partial charge >= 0.3 is 5.92 Å². The Bertz CT molecular complexity index is 1230. The number of hydrogen-bond acceptors (Lipinski definition) is 6. The molecule has 1 saturated heterocycles. The fourth-order valence-corrected chi connectivity index (χ4v) is 4.58. The summed E-state index contributed by atoms with van der Waals surface area (Å²) in [6.07, 6.45) is 3.29. The van der Waals surface area contributed by atoms with Gasteiger partial charge in [-0.1, -0.05) is 17.7 Å². The van der Waals surface area contributed by atoms with Gasteiger partial charge in [0, 0.05) is 30.0 Å². The highest BCUT2D eigenvalue weighted by Crippen LogP contribution is 2.34. The zero-order valence-corrected chi connectivity index (χ0v) is 19.5. The first kappa shape index (κ1) is 23.8. The Morgan fingerprint density at radius 1 is 1.17 bits per heavy atom. The second kappa shape index (κ2) is 9.60. The minimum absolute atomic E-state index is 0.199. The number of amides is 1. The molecule has 1 fully saturated rings. The number of likely N-dealkylation sites (tertiary alicyclic amines) is 1. The molecule has 2 atom stereocenters. The third-order valence-corrected chi connectivity index (χ3v) is 6.52. The summed E-state index contributed by atoms with van der Waals surface area (Å²) in [7, 11) is 0. The molecule has 2 aliphatic rings.